The van der Waals surface area contributed by atoms with Gasteiger partial charge in [0.2, 0.25) is 0 Å². The molecule has 2 heteroatoms. The molecule has 10 rings (SSSR count). The van der Waals surface area contributed by atoms with Gasteiger partial charge in [0, 0.05) is 5.56 Å². The average Bonchev–Trinajstić information content (AvgIpc) is 3.50. The van der Waals surface area contributed by atoms with Gasteiger partial charge in [0.05, 0.1) is 16.6 Å². The van der Waals surface area contributed by atoms with Crippen molar-refractivity contribution in [2.75, 3.05) is 0 Å². The number of hydrogen-bond donors (Lipinski definition) is 0. The quantitative estimate of drug-likeness (QED) is 0.193. The van der Waals surface area contributed by atoms with Crippen molar-refractivity contribution in [3.8, 4) is 33.4 Å². The minimum atomic E-state index is 0.967. The van der Waals surface area contributed by atoms with Crippen molar-refractivity contribution in [1.29, 1.82) is 0 Å². The highest BCUT2D eigenvalue weighted by atomic mass is 15.0. The monoisotopic (exact) mass is 570 g/mol. The molecule has 0 aliphatic carbocycles. The average molecular weight is 571 g/mol. The molecule has 0 atom stereocenters. The predicted molar refractivity (Wildman–Crippen MR) is 190 cm³/mol. The van der Waals surface area contributed by atoms with Crippen LogP contribution in [-0.4, -0.2) is 9.38 Å². The van der Waals surface area contributed by atoms with E-state index in [9.17, 15) is 0 Å². The van der Waals surface area contributed by atoms with E-state index in [1.54, 1.807) is 0 Å². The lowest BCUT2D eigenvalue weighted by molar-refractivity contribution is 1.30. The van der Waals surface area contributed by atoms with Gasteiger partial charge in [-0.15, -0.1) is 0 Å². The number of aromatic nitrogens is 2. The maximum atomic E-state index is 4.99. The van der Waals surface area contributed by atoms with Crippen molar-refractivity contribution in [3.63, 3.8) is 0 Å². The maximum absolute atomic E-state index is 4.99. The van der Waals surface area contributed by atoms with Crippen LogP contribution >= 0.6 is 0 Å². The molecule has 2 aromatic heterocycles. The van der Waals surface area contributed by atoms with Gasteiger partial charge in [-0.2, -0.15) is 0 Å². The number of rotatable bonds is 3. The Labute approximate surface area is 259 Å². The van der Waals surface area contributed by atoms with Crippen LogP contribution in [-0.2, 0) is 0 Å². The summed E-state index contributed by atoms with van der Waals surface area (Å²) < 4.78 is 2.31. The van der Waals surface area contributed by atoms with Crippen LogP contribution in [0.5, 0.6) is 0 Å². The fourth-order valence-electron chi connectivity index (χ4n) is 7.49. The Hall–Kier alpha value is -5.99. The summed E-state index contributed by atoms with van der Waals surface area (Å²) in [7, 11) is 0. The summed E-state index contributed by atoms with van der Waals surface area (Å²) in [5.41, 5.74) is 11.6. The summed E-state index contributed by atoms with van der Waals surface area (Å²) in [5, 5.41) is 9.04. The van der Waals surface area contributed by atoms with Crippen LogP contribution in [0.1, 0.15) is 0 Å². The number of imidazole rings is 1. The van der Waals surface area contributed by atoms with Gasteiger partial charge < -0.3 is 0 Å². The number of pyridine rings is 1. The van der Waals surface area contributed by atoms with Gasteiger partial charge in [-0.3, -0.25) is 4.40 Å². The first-order valence-corrected chi connectivity index (χ1v) is 15.5. The van der Waals surface area contributed by atoms with E-state index in [1.165, 1.54) is 76.6 Å². The van der Waals surface area contributed by atoms with Crippen molar-refractivity contribution >= 4 is 59.9 Å². The van der Waals surface area contributed by atoms with Crippen molar-refractivity contribution in [1.82, 2.24) is 9.38 Å². The third kappa shape index (κ3) is 3.54. The highest BCUT2D eigenvalue weighted by Crippen LogP contribution is 2.44. The van der Waals surface area contributed by atoms with Gasteiger partial charge in [0.25, 0.3) is 0 Å². The van der Waals surface area contributed by atoms with Crippen molar-refractivity contribution in [3.05, 3.63) is 158 Å². The van der Waals surface area contributed by atoms with E-state index in [0.29, 0.717) is 0 Å². The summed E-state index contributed by atoms with van der Waals surface area (Å²) >= 11 is 0. The zero-order chi connectivity index (χ0) is 29.5. The molecule has 0 N–H and O–H groups in total. The molecule has 2 nitrogen and oxygen atoms in total. The van der Waals surface area contributed by atoms with E-state index in [-0.39, 0.29) is 0 Å². The lowest BCUT2D eigenvalue weighted by Gasteiger charge is -2.18. The third-order valence-corrected chi connectivity index (χ3v) is 9.53. The highest BCUT2D eigenvalue weighted by molar-refractivity contribution is 6.28. The first kappa shape index (κ1) is 24.5. The molecule has 0 fully saturated rings. The SMILES string of the molecule is c1ccc(-c2cc(-c3ccc(-c4cccc5nc6ccc7ccccc7n6c45)cc3)c3ccc4cccc5ccc2c3c54)cc1. The first-order chi connectivity index (χ1) is 22.3. The van der Waals surface area contributed by atoms with E-state index < -0.39 is 0 Å². The second-order valence-corrected chi connectivity index (χ2v) is 12.0. The normalized spacial score (nSPS) is 12.0. The third-order valence-electron chi connectivity index (χ3n) is 9.53. The standard InChI is InChI=1S/C43H26N2/c1-2-8-27(9-3-1)36-26-37(35-24-21-32-12-6-11-31-20-23-34(36)42(35)41(31)32)29-18-16-28(17-19-29)33-13-7-14-38-43(33)45-39-15-5-4-10-30(39)22-25-40(45)44-38/h1-26H. The van der Waals surface area contributed by atoms with Crippen LogP contribution in [0.25, 0.3) is 93.3 Å². The van der Waals surface area contributed by atoms with Crippen molar-refractivity contribution in [2.24, 2.45) is 0 Å². The van der Waals surface area contributed by atoms with Gasteiger partial charge in [0.1, 0.15) is 5.65 Å². The molecule has 0 amide bonds. The van der Waals surface area contributed by atoms with Crippen LogP contribution in [0, 0.1) is 0 Å². The number of fused-ring (bicyclic) bond motifs is 5. The Morgan fingerprint density at radius 1 is 0.400 bits per heavy atom. The molecule has 10 aromatic rings. The van der Waals surface area contributed by atoms with E-state index in [1.807, 2.05) is 0 Å². The lowest BCUT2D eigenvalue weighted by Crippen LogP contribution is -1.92. The number of hydrogen-bond acceptors (Lipinski definition) is 1. The molecular weight excluding hydrogens is 544 g/mol. The van der Waals surface area contributed by atoms with Gasteiger partial charge in [0.15, 0.2) is 0 Å². The molecule has 8 aromatic carbocycles. The van der Waals surface area contributed by atoms with Gasteiger partial charge in [-0.25, -0.2) is 4.98 Å². The Bertz CT molecular complexity index is 2720. The molecule has 45 heavy (non-hydrogen) atoms. The van der Waals surface area contributed by atoms with Gasteiger partial charge in [-0.05, 0) is 95.9 Å². The maximum Gasteiger partial charge on any atom is 0.138 e. The van der Waals surface area contributed by atoms with Crippen LogP contribution in [0.2, 0.25) is 0 Å². The number of benzene rings is 8. The van der Waals surface area contributed by atoms with E-state index in [4.69, 9.17) is 4.98 Å². The zero-order valence-electron chi connectivity index (χ0n) is 24.4. The van der Waals surface area contributed by atoms with Crippen molar-refractivity contribution in [2.45, 2.75) is 0 Å². The zero-order valence-corrected chi connectivity index (χ0v) is 24.4. The summed E-state index contributed by atoms with van der Waals surface area (Å²) in [6, 6.07) is 57.4. The first-order valence-electron chi connectivity index (χ1n) is 15.5. The van der Waals surface area contributed by atoms with Crippen LogP contribution in [0.15, 0.2) is 158 Å². The second kappa shape index (κ2) is 9.25. The lowest BCUT2D eigenvalue weighted by atomic mass is 9.85. The molecule has 0 radical (unpaired) electrons. The van der Waals surface area contributed by atoms with E-state index in [0.717, 1.165) is 16.7 Å². The Morgan fingerprint density at radius 2 is 1.00 bits per heavy atom. The largest absolute Gasteiger partial charge is 0.292 e. The molecule has 0 aliphatic heterocycles. The Morgan fingerprint density at radius 3 is 1.76 bits per heavy atom. The summed E-state index contributed by atoms with van der Waals surface area (Å²) in [5.74, 6) is 0. The minimum absolute atomic E-state index is 0.967. The summed E-state index contributed by atoms with van der Waals surface area (Å²) in [4.78, 5) is 4.99. The molecule has 0 aliphatic rings. The van der Waals surface area contributed by atoms with E-state index >= 15 is 0 Å². The Kier molecular flexibility index (Phi) is 5.03. The molecule has 0 bridgehead atoms. The molecule has 0 spiro atoms. The predicted octanol–water partition coefficient (Wildman–Crippen LogP) is 11.5. The molecule has 0 saturated carbocycles. The molecule has 2 heterocycles. The summed E-state index contributed by atoms with van der Waals surface area (Å²) in [6.45, 7) is 0. The topological polar surface area (TPSA) is 17.3 Å². The fraction of sp³-hybridized carbons (Fsp3) is 0. The smallest absolute Gasteiger partial charge is 0.138 e. The Balaban J connectivity index is 1.21. The number of para-hydroxylation sites is 2. The van der Waals surface area contributed by atoms with Crippen LogP contribution in [0.3, 0.4) is 0 Å². The highest BCUT2D eigenvalue weighted by Gasteiger charge is 2.17. The fourth-order valence-corrected chi connectivity index (χ4v) is 7.49. The minimum Gasteiger partial charge on any atom is -0.292 e. The molecular formula is C43H26N2. The molecule has 0 saturated heterocycles. The van der Waals surface area contributed by atoms with Crippen LogP contribution < -0.4 is 0 Å². The van der Waals surface area contributed by atoms with Gasteiger partial charge in [-0.1, -0.05) is 127 Å². The molecule has 0 unspecified atom stereocenters. The van der Waals surface area contributed by atoms with Crippen molar-refractivity contribution < 1.29 is 0 Å². The van der Waals surface area contributed by atoms with E-state index in [2.05, 4.69) is 162 Å². The van der Waals surface area contributed by atoms with Gasteiger partial charge >= 0.3 is 0 Å². The number of nitrogens with zero attached hydrogens (tertiary/aromatic N) is 2. The second-order valence-electron chi connectivity index (χ2n) is 12.0. The summed E-state index contributed by atoms with van der Waals surface area (Å²) in [6.07, 6.45) is 0. The van der Waals surface area contributed by atoms with Crippen LogP contribution in [0.4, 0.5) is 0 Å². The molecule has 208 valence electrons.